The molecule has 8 heteroatoms. The average molecular weight is 424 g/mol. The quantitative estimate of drug-likeness (QED) is 0.774. The normalized spacial score (nSPS) is 11.8. The molecule has 0 radical (unpaired) electrons. The van der Waals surface area contributed by atoms with Crippen molar-refractivity contribution in [3.8, 4) is 0 Å². The van der Waals surface area contributed by atoms with Gasteiger partial charge in [-0.25, -0.2) is 13.1 Å². The van der Waals surface area contributed by atoms with Crippen LogP contribution >= 0.6 is 31.9 Å². The molecule has 1 aromatic carbocycles. The van der Waals surface area contributed by atoms with E-state index in [2.05, 4.69) is 36.6 Å². The van der Waals surface area contributed by atoms with E-state index < -0.39 is 10.0 Å². The summed E-state index contributed by atoms with van der Waals surface area (Å²) >= 11 is 6.45. The Bertz CT molecular complexity index is 713. The van der Waals surface area contributed by atoms with E-state index in [1.807, 2.05) is 24.3 Å². The van der Waals surface area contributed by atoms with Crippen LogP contribution in [0.4, 0.5) is 0 Å². The molecule has 0 bridgehead atoms. The van der Waals surface area contributed by atoms with E-state index in [-0.39, 0.29) is 22.7 Å². The van der Waals surface area contributed by atoms with Crippen LogP contribution in [0.2, 0.25) is 0 Å². The van der Waals surface area contributed by atoms with E-state index in [0.29, 0.717) is 5.76 Å². The second-order valence-corrected chi connectivity index (χ2v) is 7.28. The maximum Gasteiger partial charge on any atom is 0.245 e. The molecule has 2 rings (SSSR count). The topological polar surface area (TPSA) is 85.3 Å². The molecule has 2 aromatic rings. The summed E-state index contributed by atoms with van der Waals surface area (Å²) in [5.41, 5.74) is 6.27. The number of sulfonamides is 1. The van der Waals surface area contributed by atoms with Gasteiger partial charge in [0.25, 0.3) is 0 Å². The summed E-state index contributed by atoms with van der Waals surface area (Å²) in [5, 5.41) is 0. The predicted molar refractivity (Wildman–Crippen MR) is 82.5 cm³/mol. The molecule has 1 aromatic heterocycles. The van der Waals surface area contributed by atoms with Crippen molar-refractivity contribution in [2.24, 2.45) is 5.73 Å². The van der Waals surface area contributed by atoms with E-state index in [1.165, 1.54) is 6.07 Å². The van der Waals surface area contributed by atoms with Crippen LogP contribution in [0.1, 0.15) is 11.3 Å². The first-order chi connectivity index (χ1) is 9.44. The molecule has 0 fully saturated rings. The Kier molecular flexibility index (Phi) is 5.03. The standard InChI is InChI=1S/C12H12Br2N2O3S/c13-10-4-2-1-3-8(10)7-16-20(17,18)11-5-9(6-15)19-12(11)14/h1-5,16H,6-7,15H2. The Morgan fingerprint density at radius 2 is 1.95 bits per heavy atom. The van der Waals surface area contributed by atoms with Gasteiger partial charge in [-0.3, -0.25) is 0 Å². The van der Waals surface area contributed by atoms with Gasteiger partial charge in [-0.05, 0) is 27.6 Å². The van der Waals surface area contributed by atoms with Crippen molar-refractivity contribution in [1.29, 1.82) is 0 Å². The molecular weight excluding hydrogens is 412 g/mol. The molecule has 108 valence electrons. The highest BCUT2D eigenvalue weighted by Crippen LogP contribution is 2.26. The molecule has 3 N–H and O–H groups in total. The highest BCUT2D eigenvalue weighted by Gasteiger charge is 2.22. The van der Waals surface area contributed by atoms with E-state index >= 15 is 0 Å². The second-order valence-electron chi connectivity index (χ2n) is 3.97. The molecule has 0 aliphatic heterocycles. The van der Waals surface area contributed by atoms with Crippen molar-refractivity contribution in [2.45, 2.75) is 18.0 Å². The van der Waals surface area contributed by atoms with Gasteiger partial charge in [0.2, 0.25) is 10.0 Å². The molecule has 0 saturated carbocycles. The molecule has 0 aliphatic carbocycles. The van der Waals surface area contributed by atoms with Crippen molar-refractivity contribution in [2.75, 3.05) is 0 Å². The molecule has 0 spiro atoms. The first-order valence-corrected chi connectivity index (χ1v) is 8.72. The summed E-state index contributed by atoms with van der Waals surface area (Å²) in [7, 11) is -3.66. The lowest BCUT2D eigenvalue weighted by molar-refractivity contribution is 0.483. The van der Waals surface area contributed by atoms with Crippen LogP contribution in [0.15, 0.2) is 48.8 Å². The zero-order valence-corrected chi connectivity index (χ0v) is 14.3. The Balaban J connectivity index is 2.19. The van der Waals surface area contributed by atoms with Crippen LogP contribution in [0.5, 0.6) is 0 Å². The number of furan rings is 1. The van der Waals surface area contributed by atoms with Gasteiger partial charge in [0, 0.05) is 17.1 Å². The van der Waals surface area contributed by atoms with Crippen molar-refractivity contribution in [3.05, 3.63) is 50.8 Å². The third kappa shape index (κ3) is 3.50. The number of halogens is 2. The van der Waals surface area contributed by atoms with Crippen LogP contribution in [-0.2, 0) is 23.1 Å². The van der Waals surface area contributed by atoms with Crippen LogP contribution in [0.3, 0.4) is 0 Å². The summed E-state index contributed by atoms with van der Waals surface area (Å²) in [6.07, 6.45) is 0. The number of nitrogens with one attached hydrogen (secondary N) is 1. The number of hydrogen-bond acceptors (Lipinski definition) is 4. The number of hydrogen-bond donors (Lipinski definition) is 2. The molecule has 0 saturated heterocycles. The third-order valence-corrected chi connectivity index (χ3v) is 5.64. The lowest BCUT2D eigenvalue weighted by atomic mass is 10.2. The fourth-order valence-corrected chi connectivity index (χ4v) is 4.00. The summed E-state index contributed by atoms with van der Waals surface area (Å²) in [5.74, 6) is 0.401. The minimum absolute atomic E-state index is 0.0463. The van der Waals surface area contributed by atoms with E-state index in [9.17, 15) is 8.42 Å². The maximum atomic E-state index is 12.2. The van der Waals surface area contributed by atoms with Crippen LogP contribution in [0, 0.1) is 0 Å². The molecule has 0 atom stereocenters. The van der Waals surface area contributed by atoms with Crippen molar-refractivity contribution >= 4 is 41.9 Å². The Labute approximate surface area is 133 Å². The van der Waals surface area contributed by atoms with Gasteiger partial charge in [0.15, 0.2) is 4.67 Å². The number of rotatable bonds is 5. The van der Waals surface area contributed by atoms with Crippen LogP contribution in [-0.4, -0.2) is 8.42 Å². The molecule has 0 aliphatic rings. The van der Waals surface area contributed by atoms with Crippen molar-refractivity contribution < 1.29 is 12.8 Å². The van der Waals surface area contributed by atoms with Gasteiger partial charge < -0.3 is 10.2 Å². The smallest absolute Gasteiger partial charge is 0.245 e. The minimum Gasteiger partial charge on any atom is -0.452 e. The summed E-state index contributed by atoms with van der Waals surface area (Å²) in [6.45, 7) is 0.317. The Morgan fingerprint density at radius 3 is 2.55 bits per heavy atom. The summed E-state index contributed by atoms with van der Waals surface area (Å²) in [6, 6.07) is 8.80. The summed E-state index contributed by atoms with van der Waals surface area (Å²) in [4.78, 5) is 0.0463. The first kappa shape index (κ1) is 15.7. The monoisotopic (exact) mass is 422 g/mol. The fourth-order valence-electron chi connectivity index (χ4n) is 1.57. The average Bonchev–Trinajstić information content (AvgIpc) is 2.80. The second kappa shape index (κ2) is 6.40. The highest BCUT2D eigenvalue weighted by atomic mass is 79.9. The molecule has 1 heterocycles. The summed E-state index contributed by atoms with van der Waals surface area (Å²) < 4.78 is 33.1. The van der Waals surface area contributed by atoms with E-state index in [1.54, 1.807) is 0 Å². The van der Waals surface area contributed by atoms with E-state index in [0.717, 1.165) is 10.0 Å². The zero-order chi connectivity index (χ0) is 14.8. The Hall–Kier alpha value is -0.670. The minimum atomic E-state index is -3.66. The van der Waals surface area contributed by atoms with Gasteiger partial charge in [-0.1, -0.05) is 34.1 Å². The molecule has 5 nitrogen and oxygen atoms in total. The largest absolute Gasteiger partial charge is 0.452 e. The van der Waals surface area contributed by atoms with Crippen LogP contribution < -0.4 is 10.5 Å². The van der Waals surface area contributed by atoms with Gasteiger partial charge in [-0.2, -0.15) is 0 Å². The van der Waals surface area contributed by atoms with Crippen LogP contribution in [0.25, 0.3) is 0 Å². The van der Waals surface area contributed by atoms with Crippen molar-refractivity contribution in [3.63, 3.8) is 0 Å². The van der Waals surface area contributed by atoms with Gasteiger partial charge >= 0.3 is 0 Å². The zero-order valence-electron chi connectivity index (χ0n) is 10.3. The molecular formula is C12H12Br2N2O3S. The fraction of sp³-hybridized carbons (Fsp3) is 0.167. The highest BCUT2D eigenvalue weighted by molar-refractivity contribution is 9.10. The third-order valence-electron chi connectivity index (χ3n) is 2.61. The van der Waals surface area contributed by atoms with Crippen molar-refractivity contribution in [1.82, 2.24) is 4.72 Å². The molecule has 0 amide bonds. The number of benzene rings is 1. The van der Waals surface area contributed by atoms with E-state index in [4.69, 9.17) is 10.2 Å². The lowest BCUT2D eigenvalue weighted by Gasteiger charge is -2.06. The van der Waals surface area contributed by atoms with Gasteiger partial charge in [-0.15, -0.1) is 0 Å². The predicted octanol–water partition coefficient (Wildman–Crippen LogP) is 2.74. The van der Waals surface area contributed by atoms with Gasteiger partial charge in [0.1, 0.15) is 10.7 Å². The SMILES string of the molecule is NCc1cc(S(=O)(=O)NCc2ccccc2Br)c(Br)o1. The molecule has 20 heavy (non-hydrogen) atoms. The number of nitrogens with two attached hydrogens (primary N) is 1. The first-order valence-electron chi connectivity index (χ1n) is 5.65. The molecule has 0 unspecified atom stereocenters. The van der Waals surface area contributed by atoms with Gasteiger partial charge in [0.05, 0.1) is 6.54 Å². The maximum absolute atomic E-state index is 12.2. The lowest BCUT2D eigenvalue weighted by Crippen LogP contribution is -2.23. The Morgan fingerprint density at radius 1 is 1.25 bits per heavy atom.